The molecule has 0 spiro atoms. The summed E-state index contributed by atoms with van der Waals surface area (Å²) in [6.07, 6.45) is 1.51. The second-order valence-corrected chi connectivity index (χ2v) is 6.27. The first-order chi connectivity index (χ1) is 9.68. The van der Waals surface area contributed by atoms with E-state index in [-0.39, 0.29) is 18.1 Å². The summed E-state index contributed by atoms with van der Waals surface area (Å²) in [5.41, 5.74) is -0.858. The van der Waals surface area contributed by atoms with Crippen LogP contribution in [0.3, 0.4) is 0 Å². The van der Waals surface area contributed by atoms with Gasteiger partial charge in [-0.05, 0) is 39.8 Å². The highest BCUT2D eigenvalue weighted by molar-refractivity contribution is 5.90. The lowest BCUT2D eigenvalue weighted by Gasteiger charge is -2.29. The van der Waals surface area contributed by atoms with Crippen LogP contribution in [-0.4, -0.2) is 24.0 Å². The fourth-order valence-electron chi connectivity index (χ4n) is 1.57. The molecule has 4 heteroatoms. The third-order valence-electron chi connectivity index (χ3n) is 2.97. The normalized spacial score (nSPS) is 13.9. The van der Waals surface area contributed by atoms with Crippen LogP contribution in [0.25, 0.3) is 0 Å². The molecule has 114 valence electrons. The Bertz CT molecular complexity index is 517. The van der Waals surface area contributed by atoms with Crippen molar-refractivity contribution in [2.24, 2.45) is 5.41 Å². The number of hydrogen-bond acceptors (Lipinski definition) is 3. The lowest BCUT2D eigenvalue weighted by Crippen LogP contribution is -2.49. The summed E-state index contributed by atoms with van der Waals surface area (Å²) in [6, 6.07) is 8.68. The van der Waals surface area contributed by atoms with Crippen molar-refractivity contribution >= 4 is 11.9 Å². The van der Waals surface area contributed by atoms with Crippen LogP contribution in [0.1, 0.15) is 38.1 Å². The number of amides is 1. The second-order valence-electron chi connectivity index (χ2n) is 6.27. The standard InChI is InChI=1S/C17H23NO3/c1-6-17(5,15(20)18-16(2,3)4)12-21-14(19)13-10-8-7-9-11-13/h6-11H,1,12H2,2-5H3,(H,18,20). The van der Waals surface area contributed by atoms with Crippen LogP contribution in [-0.2, 0) is 9.53 Å². The molecule has 21 heavy (non-hydrogen) atoms. The minimum Gasteiger partial charge on any atom is -0.461 e. The molecule has 4 nitrogen and oxygen atoms in total. The van der Waals surface area contributed by atoms with E-state index < -0.39 is 11.4 Å². The molecule has 0 aromatic heterocycles. The number of benzene rings is 1. The zero-order valence-electron chi connectivity index (χ0n) is 13.1. The number of nitrogens with one attached hydrogen (secondary N) is 1. The fourth-order valence-corrected chi connectivity index (χ4v) is 1.57. The average Bonchev–Trinajstić information content (AvgIpc) is 2.43. The van der Waals surface area contributed by atoms with Gasteiger partial charge in [-0.25, -0.2) is 4.79 Å². The van der Waals surface area contributed by atoms with E-state index in [0.717, 1.165) is 0 Å². The molecule has 0 radical (unpaired) electrons. The molecule has 1 amide bonds. The van der Waals surface area contributed by atoms with Gasteiger partial charge in [-0.15, -0.1) is 6.58 Å². The number of carbonyl (C=O) groups excluding carboxylic acids is 2. The van der Waals surface area contributed by atoms with Gasteiger partial charge in [-0.3, -0.25) is 4.79 Å². The molecule has 0 aliphatic rings. The summed E-state index contributed by atoms with van der Waals surface area (Å²) in [5, 5.41) is 2.87. The topological polar surface area (TPSA) is 55.4 Å². The molecule has 1 unspecified atom stereocenters. The van der Waals surface area contributed by atoms with Crippen molar-refractivity contribution in [1.29, 1.82) is 0 Å². The summed E-state index contributed by atoms with van der Waals surface area (Å²) in [7, 11) is 0. The van der Waals surface area contributed by atoms with Gasteiger partial charge in [0, 0.05) is 5.54 Å². The van der Waals surface area contributed by atoms with E-state index in [1.165, 1.54) is 6.08 Å². The van der Waals surface area contributed by atoms with Crippen LogP contribution in [0.2, 0.25) is 0 Å². The average molecular weight is 289 g/mol. The number of rotatable bonds is 5. The van der Waals surface area contributed by atoms with E-state index in [0.29, 0.717) is 5.56 Å². The Labute approximate surface area is 126 Å². The van der Waals surface area contributed by atoms with Gasteiger partial charge in [0.2, 0.25) is 5.91 Å². The van der Waals surface area contributed by atoms with E-state index in [1.54, 1.807) is 31.2 Å². The Balaban J connectivity index is 2.71. The van der Waals surface area contributed by atoms with Crippen molar-refractivity contribution in [3.63, 3.8) is 0 Å². The van der Waals surface area contributed by atoms with Crippen molar-refractivity contribution in [2.75, 3.05) is 6.61 Å². The molecule has 0 heterocycles. The second kappa shape index (κ2) is 6.57. The molecule has 0 aliphatic carbocycles. The van der Waals surface area contributed by atoms with Gasteiger partial charge in [-0.1, -0.05) is 24.3 Å². The van der Waals surface area contributed by atoms with E-state index >= 15 is 0 Å². The molecule has 1 aromatic rings. The number of hydrogen-bond donors (Lipinski definition) is 1. The summed E-state index contributed by atoms with van der Waals surface area (Å²) < 4.78 is 5.25. The molecular formula is C17H23NO3. The molecule has 1 N–H and O–H groups in total. The van der Waals surface area contributed by atoms with Crippen molar-refractivity contribution in [1.82, 2.24) is 5.32 Å². The van der Waals surface area contributed by atoms with E-state index in [1.807, 2.05) is 26.8 Å². The fraction of sp³-hybridized carbons (Fsp3) is 0.412. The van der Waals surface area contributed by atoms with Gasteiger partial charge in [0.05, 0.1) is 11.0 Å². The number of carbonyl (C=O) groups is 2. The van der Waals surface area contributed by atoms with Gasteiger partial charge in [0.1, 0.15) is 6.61 Å². The van der Waals surface area contributed by atoms with Crippen molar-refractivity contribution < 1.29 is 14.3 Å². The Morgan fingerprint density at radius 3 is 2.24 bits per heavy atom. The Kier molecular flexibility index (Phi) is 5.30. The van der Waals surface area contributed by atoms with E-state index in [2.05, 4.69) is 11.9 Å². The van der Waals surface area contributed by atoms with Gasteiger partial charge < -0.3 is 10.1 Å². The van der Waals surface area contributed by atoms with Crippen LogP contribution in [0.15, 0.2) is 43.0 Å². The lowest BCUT2D eigenvalue weighted by molar-refractivity contribution is -0.131. The minimum absolute atomic E-state index is 0.0495. The van der Waals surface area contributed by atoms with Crippen LogP contribution < -0.4 is 5.32 Å². The molecule has 0 aliphatic heterocycles. The Morgan fingerprint density at radius 2 is 1.76 bits per heavy atom. The summed E-state index contributed by atoms with van der Waals surface area (Å²) in [4.78, 5) is 24.2. The molecule has 1 atom stereocenters. The maximum Gasteiger partial charge on any atom is 0.338 e. The lowest BCUT2D eigenvalue weighted by atomic mass is 9.89. The monoisotopic (exact) mass is 289 g/mol. The number of ether oxygens (including phenoxy) is 1. The molecule has 0 bridgehead atoms. The van der Waals surface area contributed by atoms with Gasteiger partial charge >= 0.3 is 5.97 Å². The van der Waals surface area contributed by atoms with E-state index in [9.17, 15) is 9.59 Å². The predicted octanol–water partition coefficient (Wildman–Crippen LogP) is 2.95. The Morgan fingerprint density at radius 1 is 1.19 bits per heavy atom. The molecule has 1 rings (SSSR count). The van der Waals surface area contributed by atoms with Crippen LogP contribution >= 0.6 is 0 Å². The molecular weight excluding hydrogens is 266 g/mol. The quantitative estimate of drug-likeness (QED) is 0.670. The minimum atomic E-state index is -0.961. The van der Waals surface area contributed by atoms with Crippen molar-refractivity contribution in [3.8, 4) is 0 Å². The van der Waals surface area contributed by atoms with Crippen LogP contribution in [0.5, 0.6) is 0 Å². The zero-order chi connectivity index (χ0) is 16.1. The van der Waals surface area contributed by atoms with Gasteiger partial charge in [0.25, 0.3) is 0 Å². The SMILES string of the molecule is C=CC(C)(COC(=O)c1ccccc1)C(=O)NC(C)(C)C. The van der Waals surface area contributed by atoms with Crippen molar-refractivity contribution in [3.05, 3.63) is 48.6 Å². The highest BCUT2D eigenvalue weighted by Gasteiger charge is 2.33. The maximum atomic E-state index is 12.3. The summed E-state index contributed by atoms with van der Waals surface area (Å²) in [6.45, 7) is 11.0. The highest BCUT2D eigenvalue weighted by atomic mass is 16.5. The predicted molar refractivity (Wildman–Crippen MR) is 82.9 cm³/mol. The van der Waals surface area contributed by atoms with Crippen LogP contribution in [0, 0.1) is 5.41 Å². The number of esters is 1. The first-order valence-corrected chi connectivity index (χ1v) is 6.86. The molecule has 0 fully saturated rings. The summed E-state index contributed by atoms with van der Waals surface area (Å²) >= 11 is 0. The van der Waals surface area contributed by atoms with E-state index in [4.69, 9.17) is 4.74 Å². The highest BCUT2D eigenvalue weighted by Crippen LogP contribution is 2.21. The van der Waals surface area contributed by atoms with Gasteiger partial charge in [0.15, 0.2) is 0 Å². The third-order valence-corrected chi connectivity index (χ3v) is 2.97. The maximum absolute atomic E-state index is 12.3. The third kappa shape index (κ3) is 5.06. The molecule has 0 saturated carbocycles. The largest absolute Gasteiger partial charge is 0.461 e. The Hall–Kier alpha value is -2.10. The zero-order valence-corrected chi connectivity index (χ0v) is 13.1. The molecule has 0 saturated heterocycles. The first-order valence-electron chi connectivity index (χ1n) is 6.86. The summed E-state index contributed by atoms with van der Waals surface area (Å²) in [5.74, 6) is -0.668. The van der Waals surface area contributed by atoms with Crippen molar-refractivity contribution in [2.45, 2.75) is 33.2 Å². The molecule has 1 aromatic carbocycles. The smallest absolute Gasteiger partial charge is 0.338 e. The van der Waals surface area contributed by atoms with Gasteiger partial charge in [-0.2, -0.15) is 0 Å². The first kappa shape index (κ1) is 17.0. The van der Waals surface area contributed by atoms with Crippen LogP contribution in [0.4, 0.5) is 0 Å².